The van der Waals surface area contributed by atoms with Gasteiger partial charge in [-0.2, -0.15) is 0 Å². The molecule has 4 rings (SSSR count). The van der Waals surface area contributed by atoms with E-state index in [9.17, 15) is 4.79 Å². The van der Waals surface area contributed by atoms with Gasteiger partial charge in [0.05, 0.1) is 5.41 Å². The second-order valence-corrected chi connectivity index (χ2v) is 6.39. The maximum absolute atomic E-state index is 12.9. The molecule has 4 fully saturated rings. The Balaban J connectivity index is 2.09. The highest BCUT2D eigenvalue weighted by Gasteiger charge is 2.61. The first-order valence-electron chi connectivity index (χ1n) is 6.71. The van der Waals surface area contributed by atoms with Crippen molar-refractivity contribution in [3.05, 3.63) is 0 Å². The second kappa shape index (κ2) is 3.53. The Kier molecular flexibility index (Phi) is 2.41. The van der Waals surface area contributed by atoms with Crippen molar-refractivity contribution in [1.29, 1.82) is 0 Å². The molecule has 0 aromatic rings. The molecule has 1 N–H and O–H groups in total. The van der Waals surface area contributed by atoms with Crippen molar-refractivity contribution in [1.82, 2.24) is 15.1 Å². The first kappa shape index (κ1) is 11.6. The van der Waals surface area contributed by atoms with Crippen molar-refractivity contribution in [3.8, 4) is 0 Å². The van der Waals surface area contributed by atoms with Crippen molar-refractivity contribution in [2.24, 2.45) is 11.3 Å². The maximum atomic E-state index is 12.9. The lowest BCUT2D eigenvalue weighted by Crippen LogP contribution is -2.76. The van der Waals surface area contributed by atoms with Crippen LogP contribution < -0.4 is 5.32 Å². The third-order valence-corrected chi connectivity index (χ3v) is 5.20. The van der Waals surface area contributed by atoms with Crippen LogP contribution in [-0.4, -0.2) is 67.4 Å². The molecule has 2 unspecified atom stereocenters. The van der Waals surface area contributed by atoms with Crippen LogP contribution in [0.15, 0.2) is 0 Å². The van der Waals surface area contributed by atoms with E-state index < -0.39 is 0 Å². The number of Topliss-reactive ketones (excluding diaryl/α,β-unsaturated/α-hetero) is 1. The van der Waals surface area contributed by atoms with E-state index in [-0.39, 0.29) is 11.0 Å². The monoisotopic (exact) mass is 237 g/mol. The minimum absolute atomic E-state index is 0.143. The number of ketones is 1. The van der Waals surface area contributed by atoms with Crippen molar-refractivity contribution in [3.63, 3.8) is 0 Å². The first-order chi connectivity index (χ1) is 8.02. The number of piperidine rings is 2. The van der Waals surface area contributed by atoms with Gasteiger partial charge in [0.1, 0.15) is 5.54 Å². The van der Waals surface area contributed by atoms with Gasteiger partial charge in [0, 0.05) is 39.3 Å². The number of fused-ring (bicyclic) bond motifs is 1. The quantitative estimate of drug-likeness (QED) is 0.721. The molecule has 4 nitrogen and oxygen atoms in total. The molecule has 4 aliphatic rings. The molecule has 0 aromatic heterocycles. The molecule has 0 spiro atoms. The molecule has 17 heavy (non-hydrogen) atoms. The van der Waals surface area contributed by atoms with Crippen LogP contribution in [0.1, 0.15) is 13.8 Å². The fourth-order valence-electron chi connectivity index (χ4n) is 4.04. The average Bonchev–Trinajstić information content (AvgIpc) is 2.52. The Morgan fingerprint density at radius 2 is 1.65 bits per heavy atom. The lowest BCUT2D eigenvalue weighted by Gasteiger charge is -2.56. The number of hydrogen-bond acceptors (Lipinski definition) is 4. The lowest BCUT2D eigenvalue weighted by molar-refractivity contribution is -0.153. The normalized spacial score (nSPS) is 48.8. The van der Waals surface area contributed by atoms with Crippen molar-refractivity contribution in [2.75, 3.05) is 46.3 Å². The van der Waals surface area contributed by atoms with Gasteiger partial charge in [0.25, 0.3) is 0 Å². The largest absolute Gasteiger partial charge is 0.306 e. The number of rotatable bonds is 2. The Morgan fingerprint density at radius 1 is 1.12 bits per heavy atom. The van der Waals surface area contributed by atoms with Gasteiger partial charge >= 0.3 is 0 Å². The van der Waals surface area contributed by atoms with E-state index in [0.717, 1.165) is 39.3 Å². The number of hydrogen-bond donors (Lipinski definition) is 1. The first-order valence-corrected chi connectivity index (χ1v) is 6.71. The summed E-state index contributed by atoms with van der Waals surface area (Å²) in [6.07, 6.45) is 0. The number of carbonyl (C=O) groups is 1. The molecule has 4 bridgehead atoms. The SMILES string of the molecule is CNC12CN3CCN(C1)CC(C(C)C)(C3)C2=O. The van der Waals surface area contributed by atoms with Crippen LogP contribution in [0.5, 0.6) is 0 Å². The van der Waals surface area contributed by atoms with Gasteiger partial charge in [-0.3, -0.25) is 14.6 Å². The zero-order chi connectivity index (χ0) is 12.3. The van der Waals surface area contributed by atoms with Gasteiger partial charge in [-0.1, -0.05) is 13.8 Å². The third kappa shape index (κ3) is 1.38. The fraction of sp³-hybridized carbons (Fsp3) is 0.923. The van der Waals surface area contributed by atoms with Gasteiger partial charge < -0.3 is 5.32 Å². The lowest BCUT2D eigenvalue weighted by atomic mass is 9.62. The predicted octanol–water partition coefficient (Wildman–Crippen LogP) is -0.199. The van der Waals surface area contributed by atoms with Crippen LogP contribution in [0, 0.1) is 11.3 Å². The van der Waals surface area contributed by atoms with Crippen molar-refractivity contribution >= 4 is 5.78 Å². The van der Waals surface area contributed by atoms with E-state index in [0.29, 0.717) is 11.7 Å². The zero-order valence-corrected chi connectivity index (χ0v) is 11.1. The second-order valence-electron chi connectivity index (χ2n) is 6.39. The Hall–Kier alpha value is -0.450. The van der Waals surface area contributed by atoms with Gasteiger partial charge in [-0.15, -0.1) is 0 Å². The van der Waals surface area contributed by atoms with Gasteiger partial charge in [0.15, 0.2) is 5.78 Å². The molecule has 4 saturated heterocycles. The predicted molar refractivity (Wildman–Crippen MR) is 66.9 cm³/mol. The van der Waals surface area contributed by atoms with Crippen molar-refractivity contribution in [2.45, 2.75) is 19.4 Å². The molecule has 4 heterocycles. The zero-order valence-electron chi connectivity index (χ0n) is 11.1. The Labute approximate surface area is 103 Å². The van der Waals surface area contributed by atoms with Gasteiger partial charge in [0.2, 0.25) is 0 Å². The Bertz CT molecular complexity index is 337. The minimum atomic E-state index is -0.308. The van der Waals surface area contributed by atoms with Crippen LogP contribution in [0.3, 0.4) is 0 Å². The van der Waals surface area contributed by atoms with E-state index in [4.69, 9.17) is 0 Å². The summed E-state index contributed by atoms with van der Waals surface area (Å²) in [7, 11) is 1.95. The van der Waals surface area contributed by atoms with E-state index >= 15 is 0 Å². The summed E-state index contributed by atoms with van der Waals surface area (Å²) in [6, 6.07) is 0. The molecule has 96 valence electrons. The maximum Gasteiger partial charge on any atom is 0.164 e. The molecular weight excluding hydrogens is 214 g/mol. The number of nitrogens with one attached hydrogen (secondary N) is 1. The highest BCUT2D eigenvalue weighted by atomic mass is 16.1. The van der Waals surface area contributed by atoms with E-state index in [2.05, 4.69) is 29.0 Å². The molecule has 0 amide bonds. The minimum Gasteiger partial charge on any atom is -0.306 e. The molecule has 0 radical (unpaired) electrons. The average molecular weight is 237 g/mol. The van der Waals surface area contributed by atoms with Crippen LogP contribution in [0.4, 0.5) is 0 Å². The molecule has 2 atom stereocenters. The molecular formula is C13H23N3O. The third-order valence-electron chi connectivity index (χ3n) is 5.20. The summed E-state index contributed by atoms with van der Waals surface area (Å²) in [5.41, 5.74) is -0.451. The van der Waals surface area contributed by atoms with Crippen LogP contribution in [0.25, 0.3) is 0 Å². The number of likely N-dealkylation sites (N-methyl/N-ethyl adjacent to an activating group) is 1. The highest BCUT2D eigenvalue weighted by Crippen LogP contribution is 2.44. The summed E-state index contributed by atoms with van der Waals surface area (Å²) in [5.74, 6) is 0.892. The van der Waals surface area contributed by atoms with Crippen molar-refractivity contribution < 1.29 is 4.79 Å². The summed E-state index contributed by atoms with van der Waals surface area (Å²) < 4.78 is 0. The highest BCUT2D eigenvalue weighted by molar-refractivity contribution is 5.96. The number of carbonyl (C=O) groups excluding carboxylic acids is 1. The summed E-state index contributed by atoms with van der Waals surface area (Å²) in [6.45, 7) is 10.4. The van der Waals surface area contributed by atoms with Crippen LogP contribution in [-0.2, 0) is 4.79 Å². The van der Waals surface area contributed by atoms with Gasteiger partial charge in [-0.25, -0.2) is 0 Å². The molecule has 4 aliphatic heterocycles. The standard InChI is InChI=1S/C13H23N3O/c1-10(2)12-6-15-4-5-16(7-12)9-13(8-15,14-3)11(12)17/h10,14H,4-9H2,1-3H3. The van der Waals surface area contributed by atoms with E-state index in [1.807, 2.05) is 7.05 Å². The van der Waals surface area contributed by atoms with Crippen LogP contribution in [0.2, 0.25) is 0 Å². The van der Waals surface area contributed by atoms with E-state index in [1.165, 1.54) is 0 Å². The number of nitrogens with zero attached hydrogens (tertiary/aromatic N) is 2. The molecule has 0 aromatic carbocycles. The molecule has 0 aliphatic carbocycles. The van der Waals surface area contributed by atoms with E-state index in [1.54, 1.807) is 0 Å². The Morgan fingerprint density at radius 3 is 2.06 bits per heavy atom. The fourth-order valence-corrected chi connectivity index (χ4v) is 4.04. The summed E-state index contributed by atoms with van der Waals surface area (Å²) in [4.78, 5) is 17.9. The summed E-state index contributed by atoms with van der Waals surface area (Å²) in [5, 5.41) is 3.35. The summed E-state index contributed by atoms with van der Waals surface area (Å²) >= 11 is 0. The smallest absolute Gasteiger partial charge is 0.164 e. The topological polar surface area (TPSA) is 35.6 Å². The molecule has 0 saturated carbocycles. The van der Waals surface area contributed by atoms with Crippen LogP contribution >= 0.6 is 0 Å². The molecule has 4 heteroatoms. The van der Waals surface area contributed by atoms with Gasteiger partial charge in [-0.05, 0) is 13.0 Å².